The van der Waals surface area contributed by atoms with Gasteiger partial charge in [0.2, 0.25) is 0 Å². The van der Waals surface area contributed by atoms with E-state index in [9.17, 15) is 4.79 Å². The summed E-state index contributed by atoms with van der Waals surface area (Å²) in [7, 11) is 3.06. The first-order chi connectivity index (χ1) is 11.6. The van der Waals surface area contributed by atoms with Crippen molar-refractivity contribution in [3.8, 4) is 11.5 Å². The van der Waals surface area contributed by atoms with Crippen LogP contribution < -0.4 is 19.7 Å². The molecule has 2 aromatic rings. The van der Waals surface area contributed by atoms with Gasteiger partial charge in [-0.15, -0.1) is 0 Å². The quantitative estimate of drug-likeness (QED) is 0.840. The smallest absolute Gasteiger partial charge is 0.263 e. The molecule has 0 bridgehead atoms. The topological polar surface area (TPSA) is 50.8 Å². The zero-order valence-corrected chi connectivity index (χ0v) is 14.6. The fourth-order valence-corrected chi connectivity index (χ4v) is 2.61. The Morgan fingerprint density at radius 3 is 1.96 bits per heavy atom. The van der Waals surface area contributed by atoms with Gasteiger partial charge in [-0.3, -0.25) is 4.79 Å². The summed E-state index contributed by atoms with van der Waals surface area (Å²) in [6, 6.07) is 13.1. The molecule has 0 atom stereocenters. The number of nitrogens with one attached hydrogen (secondary N) is 1. The van der Waals surface area contributed by atoms with Crippen molar-refractivity contribution in [1.82, 2.24) is 0 Å². The van der Waals surface area contributed by atoms with Gasteiger partial charge in [0.1, 0.15) is 17.1 Å². The molecule has 0 radical (unpaired) electrons. The van der Waals surface area contributed by atoms with Crippen LogP contribution in [0.25, 0.3) is 0 Å². The summed E-state index contributed by atoms with van der Waals surface area (Å²) in [4.78, 5) is 14.9. The first kappa shape index (κ1) is 17.7. The summed E-state index contributed by atoms with van der Waals surface area (Å²) in [6.45, 7) is 6.13. The molecule has 0 unspecified atom stereocenters. The summed E-state index contributed by atoms with van der Waals surface area (Å²) < 4.78 is 10.6. The number of ether oxygens (including phenoxy) is 2. The van der Waals surface area contributed by atoms with Crippen LogP contribution in [0.4, 0.5) is 11.4 Å². The van der Waals surface area contributed by atoms with Gasteiger partial charge in [0.05, 0.1) is 14.2 Å². The molecule has 0 heterocycles. The fourth-order valence-electron chi connectivity index (χ4n) is 2.61. The van der Waals surface area contributed by atoms with E-state index in [2.05, 4.69) is 24.1 Å². The molecule has 0 saturated carbocycles. The van der Waals surface area contributed by atoms with E-state index in [0.29, 0.717) is 17.1 Å². The molecule has 0 aliphatic rings. The lowest BCUT2D eigenvalue weighted by atomic mass is 10.1. The number of methoxy groups -OCH3 is 2. The Morgan fingerprint density at radius 2 is 1.50 bits per heavy atom. The minimum Gasteiger partial charge on any atom is -0.496 e. The average Bonchev–Trinajstić information content (AvgIpc) is 2.63. The van der Waals surface area contributed by atoms with Crippen LogP contribution in [0.2, 0.25) is 0 Å². The summed E-state index contributed by atoms with van der Waals surface area (Å²) in [5.41, 5.74) is 2.24. The first-order valence-electron chi connectivity index (χ1n) is 8.01. The van der Waals surface area contributed by atoms with Crippen molar-refractivity contribution in [1.29, 1.82) is 0 Å². The van der Waals surface area contributed by atoms with E-state index in [1.165, 1.54) is 14.2 Å². The van der Waals surface area contributed by atoms with E-state index in [4.69, 9.17) is 9.47 Å². The number of anilines is 2. The SMILES string of the molecule is CCN(CC)c1ccc(NC(=O)c2c(OC)cccc2OC)cc1. The van der Waals surface area contributed by atoms with Crippen molar-refractivity contribution in [2.24, 2.45) is 0 Å². The normalized spacial score (nSPS) is 10.2. The predicted octanol–water partition coefficient (Wildman–Crippen LogP) is 3.80. The van der Waals surface area contributed by atoms with E-state index < -0.39 is 0 Å². The van der Waals surface area contributed by atoms with E-state index in [0.717, 1.165) is 24.5 Å². The van der Waals surface area contributed by atoms with E-state index in [1.807, 2.05) is 24.3 Å². The molecule has 0 fully saturated rings. The van der Waals surface area contributed by atoms with Crippen molar-refractivity contribution in [2.75, 3.05) is 37.5 Å². The largest absolute Gasteiger partial charge is 0.496 e. The molecule has 0 spiro atoms. The van der Waals surface area contributed by atoms with Crippen molar-refractivity contribution in [3.05, 3.63) is 48.0 Å². The average molecular weight is 328 g/mol. The molecular formula is C19H24N2O3. The van der Waals surface area contributed by atoms with Crippen LogP contribution in [0.3, 0.4) is 0 Å². The standard InChI is InChI=1S/C19H24N2O3/c1-5-21(6-2)15-12-10-14(11-13-15)20-19(22)18-16(23-3)8-7-9-17(18)24-4/h7-13H,5-6H2,1-4H3,(H,20,22). The van der Waals surface area contributed by atoms with Crippen LogP contribution in [0.15, 0.2) is 42.5 Å². The molecule has 0 aliphatic carbocycles. The van der Waals surface area contributed by atoms with Gasteiger partial charge in [0.15, 0.2) is 0 Å². The molecule has 0 aromatic heterocycles. The zero-order valence-electron chi connectivity index (χ0n) is 14.6. The molecule has 1 N–H and O–H groups in total. The molecule has 2 aromatic carbocycles. The number of carbonyl (C=O) groups is 1. The summed E-state index contributed by atoms with van der Waals surface area (Å²) in [5, 5.41) is 2.89. The van der Waals surface area contributed by atoms with Crippen LogP contribution in [-0.2, 0) is 0 Å². The van der Waals surface area contributed by atoms with E-state index in [1.54, 1.807) is 18.2 Å². The number of amides is 1. The third-order valence-corrected chi connectivity index (χ3v) is 3.91. The minimum absolute atomic E-state index is 0.264. The molecule has 24 heavy (non-hydrogen) atoms. The molecule has 5 heteroatoms. The number of carbonyl (C=O) groups excluding carboxylic acids is 1. The highest BCUT2D eigenvalue weighted by atomic mass is 16.5. The monoisotopic (exact) mass is 328 g/mol. The number of rotatable bonds is 7. The van der Waals surface area contributed by atoms with Gasteiger partial charge >= 0.3 is 0 Å². The van der Waals surface area contributed by atoms with Gasteiger partial charge in [-0.05, 0) is 50.2 Å². The fraction of sp³-hybridized carbons (Fsp3) is 0.316. The van der Waals surface area contributed by atoms with Crippen LogP contribution in [0, 0.1) is 0 Å². The molecule has 128 valence electrons. The highest BCUT2D eigenvalue weighted by molar-refractivity contribution is 6.08. The Bertz CT molecular complexity index is 657. The first-order valence-corrected chi connectivity index (χ1v) is 8.01. The molecule has 5 nitrogen and oxygen atoms in total. The second kappa shape index (κ2) is 8.24. The van der Waals surface area contributed by atoms with Crippen LogP contribution in [0.1, 0.15) is 24.2 Å². The molecule has 2 rings (SSSR count). The third kappa shape index (κ3) is 3.79. The highest BCUT2D eigenvalue weighted by Crippen LogP contribution is 2.29. The number of benzene rings is 2. The Kier molecular flexibility index (Phi) is 6.07. The van der Waals surface area contributed by atoms with Crippen molar-refractivity contribution in [3.63, 3.8) is 0 Å². The van der Waals surface area contributed by atoms with Gasteiger partial charge in [0.25, 0.3) is 5.91 Å². The van der Waals surface area contributed by atoms with E-state index in [-0.39, 0.29) is 5.91 Å². The number of nitrogens with zero attached hydrogens (tertiary/aromatic N) is 1. The molecule has 0 saturated heterocycles. The van der Waals surface area contributed by atoms with Gasteiger partial charge in [-0.25, -0.2) is 0 Å². The summed E-state index contributed by atoms with van der Waals surface area (Å²) in [6.07, 6.45) is 0. The minimum atomic E-state index is -0.264. The lowest BCUT2D eigenvalue weighted by Gasteiger charge is -2.21. The van der Waals surface area contributed by atoms with Crippen molar-refractivity contribution >= 4 is 17.3 Å². The van der Waals surface area contributed by atoms with Crippen molar-refractivity contribution < 1.29 is 14.3 Å². The van der Waals surface area contributed by atoms with E-state index >= 15 is 0 Å². The van der Waals surface area contributed by atoms with Gasteiger partial charge < -0.3 is 19.7 Å². The van der Waals surface area contributed by atoms with Crippen LogP contribution in [-0.4, -0.2) is 33.2 Å². The Morgan fingerprint density at radius 1 is 0.958 bits per heavy atom. The Balaban J connectivity index is 2.21. The van der Waals surface area contributed by atoms with Gasteiger partial charge in [-0.1, -0.05) is 6.07 Å². The van der Waals surface area contributed by atoms with Crippen molar-refractivity contribution in [2.45, 2.75) is 13.8 Å². The third-order valence-electron chi connectivity index (χ3n) is 3.91. The number of hydrogen-bond acceptors (Lipinski definition) is 4. The predicted molar refractivity (Wildman–Crippen MR) is 97.5 cm³/mol. The second-order valence-corrected chi connectivity index (χ2v) is 5.21. The lowest BCUT2D eigenvalue weighted by molar-refractivity contribution is 0.102. The van der Waals surface area contributed by atoms with Crippen LogP contribution in [0.5, 0.6) is 11.5 Å². The second-order valence-electron chi connectivity index (χ2n) is 5.21. The molecule has 0 aliphatic heterocycles. The molecule has 1 amide bonds. The zero-order chi connectivity index (χ0) is 17.5. The summed E-state index contributed by atoms with van der Waals surface area (Å²) in [5.74, 6) is 0.693. The maximum Gasteiger partial charge on any atom is 0.263 e. The van der Waals surface area contributed by atoms with Gasteiger partial charge in [-0.2, -0.15) is 0 Å². The van der Waals surface area contributed by atoms with Crippen LogP contribution >= 0.6 is 0 Å². The maximum absolute atomic E-state index is 12.6. The number of hydrogen-bond donors (Lipinski definition) is 1. The lowest BCUT2D eigenvalue weighted by Crippen LogP contribution is -2.21. The maximum atomic E-state index is 12.6. The van der Waals surface area contributed by atoms with Gasteiger partial charge in [0, 0.05) is 24.5 Å². The summed E-state index contributed by atoms with van der Waals surface area (Å²) >= 11 is 0. The Labute approximate surface area is 143 Å². The highest BCUT2D eigenvalue weighted by Gasteiger charge is 2.18. The Hall–Kier alpha value is -2.69. The molecular weight excluding hydrogens is 304 g/mol.